The molecule has 3 aliphatic rings. The van der Waals surface area contributed by atoms with Gasteiger partial charge in [-0.05, 0) is 56.1 Å². The van der Waals surface area contributed by atoms with Crippen LogP contribution in [-0.2, 0) is 20.8 Å². The molecular formula is C27H38N4O6. The molecule has 10 heteroatoms. The van der Waals surface area contributed by atoms with Gasteiger partial charge in [-0.1, -0.05) is 49.9 Å². The van der Waals surface area contributed by atoms with E-state index in [1.807, 2.05) is 24.3 Å². The fourth-order valence-electron chi connectivity index (χ4n) is 6.27. The highest BCUT2D eigenvalue weighted by atomic mass is 16.5. The summed E-state index contributed by atoms with van der Waals surface area (Å²) in [6, 6.07) is 6.29. The lowest BCUT2D eigenvalue weighted by Crippen LogP contribution is -2.60. The maximum atomic E-state index is 13.6. The molecule has 4 rings (SSSR count). The summed E-state index contributed by atoms with van der Waals surface area (Å²) in [6.45, 7) is 1.88. The molecule has 0 aromatic heterocycles. The topological polar surface area (TPSA) is 139 Å². The van der Waals surface area contributed by atoms with Crippen LogP contribution in [0.2, 0.25) is 0 Å². The van der Waals surface area contributed by atoms with Crippen molar-refractivity contribution in [3.8, 4) is 0 Å². The van der Waals surface area contributed by atoms with Gasteiger partial charge in [0.05, 0.1) is 24.6 Å². The number of hydroxylamine groups is 2. The number of likely N-dealkylation sites (tertiary alicyclic amines) is 1. The molecule has 3 unspecified atom stereocenters. The average molecular weight is 515 g/mol. The second kappa shape index (κ2) is 11.6. The normalized spacial score (nSPS) is 26.3. The van der Waals surface area contributed by atoms with Gasteiger partial charge in [0.15, 0.2) is 0 Å². The molecule has 1 aromatic rings. The summed E-state index contributed by atoms with van der Waals surface area (Å²) < 4.78 is 0. The van der Waals surface area contributed by atoms with Crippen molar-refractivity contribution in [2.45, 2.75) is 82.4 Å². The first kappa shape index (κ1) is 27.1. The van der Waals surface area contributed by atoms with Gasteiger partial charge in [-0.2, -0.15) is 0 Å². The molecule has 0 spiro atoms. The molecule has 1 saturated carbocycles. The number of rotatable bonds is 8. The van der Waals surface area contributed by atoms with E-state index in [9.17, 15) is 29.5 Å². The summed E-state index contributed by atoms with van der Waals surface area (Å²) in [6.07, 6.45) is 6.40. The minimum atomic E-state index is -1.23. The molecule has 202 valence electrons. The number of aliphatic hydroxyl groups is 1. The van der Waals surface area contributed by atoms with Gasteiger partial charge >= 0.3 is 6.03 Å². The van der Waals surface area contributed by atoms with Gasteiger partial charge in [0.25, 0.3) is 5.91 Å². The third-order valence-electron chi connectivity index (χ3n) is 8.39. The quantitative estimate of drug-likeness (QED) is 0.238. The number of nitrogens with one attached hydrogen (secondary N) is 2. The van der Waals surface area contributed by atoms with Crippen LogP contribution in [0, 0.1) is 11.8 Å². The fraction of sp³-hybridized carbons (Fsp3) is 0.630. The number of hydrogen-bond donors (Lipinski definition) is 4. The monoisotopic (exact) mass is 514 g/mol. The molecule has 1 heterocycles. The van der Waals surface area contributed by atoms with E-state index in [0.29, 0.717) is 49.6 Å². The van der Waals surface area contributed by atoms with E-state index in [2.05, 4.69) is 10.6 Å². The summed E-state index contributed by atoms with van der Waals surface area (Å²) in [5.41, 5.74) is 0.577. The standard InChI is InChI=1S/C27H38N4O6/c1-27(25(35)29-26(36)28-22-12-11-19-9-4-5-10-21(19)23(22)33)13-6-14-31(27)24(34)20(16-30(37)17-32)15-18-7-2-3-8-18/h4-5,9-10,17-18,20,22-23,33,37H,2-3,6-8,11-16H2,1H3,(H2,28,29,35,36)/t20?,22?,23?,27-/m0/s1. The third kappa shape index (κ3) is 5.96. The maximum absolute atomic E-state index is 13.6. The molecule has 2 fully saturated rings. The molecule has 1 aliphatic heterocycles. The Labute approximate surface area is 217 Å². The van der Waals surface area contributed by atoms with Gasteiger partial charge < -0.3 is 15.3 Å². The number of imide groups is 1. The van der Waals surface area contributed by atoms with E-state index in [1.165, 1.54) is 4.90 Å². The van der Waals surface area contributed by atoms with Gasteiger partial charge in [0.1, 0.15) is 5.54 Å². The molecule has 37 heavy (non-hydrogen) atoms. The Morgan fingerprint density at radius 1 is 1.19 bits per heavy atom. The van der Waals surface area contributed by atoms with E-state index >= 15 is 0 Å². The summed E-state index contributed by atoms with van der Waals surface area (Å²) >= 11 is 0. The summed E-state index contributed by atoms with van der Waals surface area (Å²) in [4.78, 5) is 52.3. The predicted octanol–water partition coefficient (Wildman–Crippen LogP) is 2.29. The van der Waals surface area contributed by atoms with Crippen LogP contribution in [0.4, 0.5) is 4.79 Å². The number of carbonyl (C=O) groups is 4. The van der Waals surface area contributed by atoms with Crippen LogP contribution in [0.5, 0.6) is 0 Å². The van der Waals surface area contributed by atoms with Crippen molar-refractivity contribution in [3.63, 3.8) is 0 Å². The largest absolute Gasteiger partial charge is 0.386 e. The van der Waals surface area contributed by atoms with E-state index < -0.39 is 35.5 Å². The zero-order chi connectivity index (χ0) is 26.6. The van der Waals surface area contributed by atoms with Gasteiger partial charge in [0.2, 0.25) is 12.3 Å². The minimum absolute atomic E-state index is 0.130. The summed E-state index contributed by atoms with van der Waals surface area (Å²) in [7, 11) is 0. The predicted molar refractivity (Wildman–Crippen MR) is 134 cm³/mol. The number of aryl methyl sites for hydroxylation is 1. The number of fused-ring (bicyclic) bond motifs is 1. The lowest BCUT2D eigenvalue weighted by atomic mass is 9.86. The number of benzene rings is 1. The first-order chi connectivity index (χ1) is 17.7. The van der Waals surface area contributed by atoms with Crippen LogP contribution in [-0.4, -0.2) is 69.2 Å². The number of aliphatic hydroxyl groups excluding tert-OH is 1. The Morgan fingerprint density at radius 2 is 1.92 bits per heavy atom. The van der Waals surface area contributed by atoms with E-state index in [4.69, 9.17) is 0 Å². The van der Waals surface area contributed by atoms with Crippen LogP contribution in [0.25, 0.3) is 0 Å². The van der Waals surface area contributed by atoms with Crippen molar-refractivity contribution < 1.29 is 29.5 Å². The Bertz CT molecular complexity index is 1010. The van der Waals surface area contributed by atoms with Crippen LogP contribution >= 0.6 is 0 Å². The second-order valence-electron chi connectivity index (χ2n) is 10.9. The number of urea groups is 1. The maximum Gasteiger partial charge on any atom is 0.321 e. The lowest BCUT2D eigenvalue weighted by molar-refractivity contribution is -0.160. The van der Waals surface area contributed by atoms with Crippen LogP contribution < -0.4 is 10.6 Å². The van der Waals surface area contributed by atoms with Crippen molar-refractivity contribution in [2.24, 2.45) is 11.8 Å². The van der Waals surface area contributed by atoms with Crippen LogP contribution in [0.3, 0.4) is 0 Å². The van der Waals surface area contributed by atoms with Gasteiger partial charge in [0, 0.05) is 6.54 Å². The van der Waals surface area contributed by atoms with Crippen molar-refractivity contribution >= 4 is 24.3 Å². The van der Waals surface area contributed by atoms with Crippen LogP contribution in [0.1, 0.15) is 75.5 Å². The van der Waals surface area contributed by atoms with E-state index in [0.717, 1.165) is 36.8 Å². The molecule has 1 aromatic carbocycles. The molecular weight excluding hydrogens is 476 g/mol. The molecule has 0 radical (unpaired) electrons. The van der Waals surface area contributed by atoms with E-state index in [1.54, 1.807) is 6.92 Å². The Hall–Kier alpha value is -2.98. The molecule has 2 aliphatic carbocycles. The lowest BCUT2D eigenvalue weighted by Gasteiger charge is -2.37. The number of carbonyl (C=O) groups excluding carboxylic acids is 4. The highest BCUT2D eigenvalue weighted by Gasteiger charge is 2.48. The summed E-state index contributed by atoms with van der Waals surface area (Å²) in [5.74, 6) is -1.16. The van der Waals surface area contributed by atoms with Gasteiger partial charge in [-0.3, -0.25) is 24.9 Å². The minimum Gasteiger partial charge on any atom is -0.386 e. The zero-order valence-electron chi connectivity index (χ0n) is 21.4. The number of amides is 5. The van der Waals surface area contributed by atoms with Crippen molar-refractivity contribution in [1.29, 1.82) is 0 Å². The second-order valence-corrected chi connectivity index (χ2v) is 10.9. The first-order valence-corrected chi connectivity index (χ1v) is 13.3. The smallest absolute Gasteiger partial charge is 0.321 e. The third-order valence-corrected chi connectivity index (χ3v) is 8.39. The number of nitrogens with zero attached hydrogens (tertiary/aromatic N) is 2. The molecule has 0 bridgehead atoms. The van der Waals surface area contributed by atoms with Crippen molar-refractivity contribution in [2.75, 3.05) is 13.1 Å². The molecule has 5 amide bonds. The summed E-state index contributed by atoms with van der Waals surface area (Å²) in [5, 5.41) is 26.2. The molecule has 10 nitrogen and oxygen atoms in total. The van der Waals surface area contributed by atoms with E-state index in [-0.39, 0.29) is 18.9 Å². The Morgan fingerprint density at radius 3 is 2.65 bits per heavy atom. The molecule has 4 atom stereocenters. The van der Waals surface area contributed by atoms with Crippen molar-refractivity contribution in [3.05, 3.63) is 35.4 Å². The van der Waals surface area contributed by atoms with Gasteiger partial charge in [-0.25, -0.2) is 9.86 Å². The highest BCUT2D eigenvalue weighted by molar-refractivity contribution is 6.01. The van der Waals surface area contributed by atoms with Gasteiger partial charge in [-0.15, -0.1) is 0 Å². The average Bonchev–Trinajstić information content (AvgIpc) is 3.55. The SMILES string of the molecule is C[C@@]1(C(=O)NC(=O)NC2CCc3ccccc3C2O)CCCN1C(=O)C(CC1CCCC1)CN(O)C=O. The van der Waals surface area contributed by atoms with Crippen LogP contribution in [0.15, 0.2) is 24.3 Å². The zero-order valence-corrected chi connectivity index (χ0v) is 21.4. The fourth-order valence-corrected chi connectivity index (χ4v) is 6.27. The Balaban J connectivity index is 1.40. The Kier molecular flexibility index (Phi) is 8.49. The first-order valence-electron chi connectivity index (χ1n) is 13.3. The molecule has 4 N–H and O–H groups in total. The highest BCUT2D eigenvalue weighted by Crippen LogP contribution is 2.35. The molecule has 1 saturated heterocycles. The van der Waals surface area contributed by atoms with Crippen molar-refractivity contribution in [1.82, 2.24) is 20.6 Å². The number of hydrogen-bond acceptors (Lipinski definition) is 6.